The lowest BCUT2D eigenvalue weighted by Gasteiger charge is -2.23. The first-order valence-electron chi connectivity index (χ1n) is 11.1. The number of fused-ring (bicyclic) bond motifs is 1. The van der Waals surface area contributed by atoms with Crippen LogP contribution in [0.4, 0.5) is 5.69 Å². The highest BCUT2D eigenvalue weighted by molar-refractivity contribution is 7.89. The van der Waals surface area contributed by atoms with E-state index < -0.39 is 10.0 Å². The predicted molar refractivity (Wildman–Crippen MR) is 126 cm³/mol. The zero-order valence-electron chi connectivity index (χ0n) is 17.8. The average Bonchev–Trinajstić information content (AvgIpc) is 3.61. The molecule has 1 heterocycles. The van der Waals surface area contributed by atoms with Crippen molar-refractivity contribution in [3.63, 3.8) is 0 Å². The molecule has 1 aliphatic heterocycles. The van der Waals surface area contributed by atoms with Gasteiger partial charge in [-0.1, -0.05) is 42.5 Å². The molecule has 1 saturated heterocycles. The van der Waals surface area contributed by atoms with Gasteiger partial charge in [0.25, 0.3) is 0 Å². The van der Waals surface area contributed by atoms with E-state index in [1.807, 2.05) is 54.6 Å². The predicted octanol–water partition coefficient (Wildman–Crippen LogP) is 3.61. The Morgan fingerprint density at radius 2 is 1.75 bits per heavy atom. The Kier molecular flexibility index (Phi) is 5.71. The van der Waals surface area contributed by atoms with Gasteiger partial charge in [0, 0.05) is 24.2 Å². The molecule has 0 unspecified atom stereocenters. The molecule has 0 spiro atoms. The van der Waals surface area contributed by atoms with Crippen LogP contribution in [-0.4, -0.2) is 33.5 Å². The van der Waals surface area contributed by atoms with Crippen molar-refractivity contribution >= 4 is 32.4 Å². The molecule has 1 aliphatic carbocycles. The summed E-state index contributed by atoms with van der Waals surface area (Å²) < 4.78 is 28.1. The summed E-state index contributed by atoms with van der Waals surface area (Å²) in [4.78, 5) is 13.0. The standard InChI is InChI=1S/C25H27N3O3S/c29-25(27-20-10-7-17-4-1-2-5-19(17)14-20)24-15-23(24)18-8-11-22(12-9-18)32(30,31)28-21-6-3-13-26-16-21/h1-2,4-5,7-12,14,21,23-24,26,28H,3,6,13,15-16H2,(H,27,29)/t21-,23-,24+/m0/s1. The molecule has 3 atom stereocenters. The summed E-state index contributed by atoms with van der Waals surface area (Å²) in [5.41, 5.74) is 1.80. The zero-order chi connectivity index (χ0) is 22.1. The molecular formula is C25H27N3O3S. The number of sulfonamides is 1. The van der Waals surface area contributed by atoms with Crippen LogP contribution in [0.15, 0.2) is 71.6 Å². The fourth-order valence-electron chi connectivity index (χ4n) is 4.49. The van der Waals surface area contributed by atoms with Gasteiger partial charge in [0.15, 0.2) is 0 Å². The summed E-state index contributed by atoms with van der Waals surface area (Å²) in [6.45, 7) is 1.59. The fraction of sp³-hybridized carbons (Fsp3) is 0.320. The third kappa shape index (κ3) is 4.55. The number of carbonyl (C=O) groups is 1. The lowest BCUT2D eigenvalue weighted by atomic mass is 10.1. The molecule has 2 aliphatic rings. The lowest BCUT2D eigenvalue weighted by Crippen LogP contribution is -2.45. The van der Waals surface area contributed by atoms with E-state index in [4.69, 9.17) is 0 Å². The minimum absolute atomic E-state index is 0.00782. The van der Waals surface area contributed by atoms with Crippen LogP contribution in [0.3, 0.4) is 0 Å². The van der Waals surface area contributed by atoms with Gasteiger partial charge in [0.2, 0.25) is 15.9 Å². The van der Waals surface area contributed by atoms with Gasteiger partial charge >= 0.3 is 0 Å². The van der Waals surface area contributed by atoms with Gasteiger partial charge < -0.3 is 10.6 Å². The average molecular weight is 450 g/mol. The molecule has 0 aromatic heterocycles. The number of hydrogen-bond donors (Lipinski definition) is 3. The summed E-state index contributed by atoms with van der Waals surface area (Å²) in [6.07, 6.45) is 2.59. The first kappa shape index (κ1) is 21.1. The van der Waals surface area contributed by atoms with Gasteiger partial charge in [0.05, 0.1) is 4.90 Å². The molecule has 1 saturated carbocycles. The molecular weight excluding hydrogens is 422 g/mol. The molecule has 0 radical (unpaired) electrons. The Hall–Kier alpha value is -2.74. The molecule has 2 fully saturated rings. The Morgan fingerprint density at radius 3 is 2.50 bits per heavy atom. The molecule has 3 aromatic carbocycles. The zero-order valence-corrected chi connectivity index (χ0v) is 18.6. The van der Waals surface area contributed by atoms with Crippen LogP contribution in [-0.2, 0) is 14.8 Å². The van der Waals surface area contributed by atoms with Crippen molar-refractivity contribution < 1.29 is 13.2 Å². The van der Waals surface area contributed by atoms with E-state index in [1.165, 1.54) is 0 Å². The van der Waals surface area contributed by atoms with Crippen LogP contribution in [0, 0.1) is 5.92 Å². The van der Waals surface area contributed by atoms with Crippen LogP contribution in [0.2, 0.25) is 0 Å². The number of anilines is 1. The van der Waals surface area contributed by atoms with Gasteiger partial charge in [-0.15, -0.1) is 0 Å². The quantitative estimate of drug-likeness (QED) is 0.537. The molecule has 0 bridgehead atoms. The Labute approximate surface area is 188 Å². The number of rotatable bonds is 6. The minimum Gasteiger partial charge on any atom is -0.326 e. The molecule has 1 amide bonds. The van der Waals surface area contributed by atoms with E-state index in [-0.39, 0.29) is 28.7 Å². The SMILES string of the molecule is O=C(Nc1ccc2ccccc2c1)[C@@H]1C[C@H]1c1ccc(S(=O)(=O)N[C@H]2CCCNC2)cc1. The Balaban J connectivity index is 1.21. The van der Waals surface area contributed by atoms with Crippen molar-refractivity contribution in [3.05, 3.63) is 72.3 Å². The van der Waals surface area contributed by atoms with Crippen molar-refractivity contribution in [1.29, 1.82) is 0 Å². The molecule has 32 heavy (non-hydrogen) atoms. The van der Waals surface area contributed by atoms with Gasteiger partial charge in [-0.25, -0.2) is 13.1 Å². The second kappa shape index (κ2) is 8.65. The summed E-state index contributed by atoms with van der Waals surface area (Å²) in [7, 11) is -3.54. The van der Waals surface area contributed by atoms with Crippen molar-refractivity contribution in [2.45, 2.75) is 36.1 Å². The summed E-state index contributed by atoms with van der Waals surface area (Å²) in [5, 5.41) is 8.47. The summed E-state index contributed by atoms with van der Waals surface area (Å²) >= 11 is 0. The van der Waals surface area contributed by atoms with Gasteiger partial charge in [-0.05, 0) is 72.3 Å². The van der Waals surface area contributed by atoms with Crippen molar-refractivity contribution in [3.8, 4) is 0 Å². The van der Waals surface area contributed by atoms with E-state index in [0.29, 0.717) is 6.54 Å². The van der Waals surface area contributed by atoms with E-state index in [2.05, 4.69) is 15.4 Å². The topological polar surface area (TPSA) is 87.3 Å². The molecule has 3 aromatic rings. The van der Waals surface area contributed by atoms with Crippen LogP contribution >= 0.6 is 0 Å². The maximum Gasteiger partial charge on any atom is 0.240 e. The van der Waals surface area contributed by atoms with E-state index in [9.17, 15) is 13.2 Å². The van der Waals surface area contributed by atoms with Crippen molar-refractivity contribution in [2.75, 3.05) is 18.4 Å². The molecule has 3 N–H and O–H groups in total. The Morgan fingerprint density at radius 1 is 0.969 bits per heavy atom. The van der Waals surface area contributed by atoms with Gasteiger partial charge in [-0.2, -0.15) is 0 Å². The first-order chi connectivity index (χ1) is 15.5. The number of amides is 1. The number of nitrogens with one attached hydrogen (secondary N) is 3. The van der Waals surface area contributed by atoms with Crippen LogP contribution < -0.4 is 15.4 Å². The highest BCUT2D eigenvalue weighted by atomic mass is 32.2. The van der Waals surface area contributed by atoms with Crippen LogP contribution in [0.5, 0.6) is 0 Å². The lowest BCUT2D eigenvalue weighted by molar-refractivity contribution is -0.117. The smallest absolute Gasteiger partial charge is 0.240 e. The first-order valence-corrected chi connectivity index (χ1v) is 12.6. The summed E-state index contributed by atoms with van der Waals surface area (Å²) in [6, 6.07) is 20.9. The monoisotopic (exact) mass is 449 g/mol. The maximum atomic E-state index is 12.7. The molecule has 5 rings (SSSR count). The number of carbonyl (C=O) groups excluding carboxylic acids is 1. The van der Waals surface area contributed by atoms with E-state index in [0.717, 1.165) is 47.8 Å². The third-order valence-electron chi connectivity index (χ3n) is 6.38. The molecule has 7 heteroatoms. The fourth-order valence-corrected chi connectivity index (χ4v) is 5.76. The second-order valence-corrected chi connectivity index (χ2v) is 10.4. The second-order valence-electron chi connectivity index (χ2n) is 8.73. The third-order valence-corrected chi connectivity index (χ3v) is 7.92. The Bertz CT molecular complexity index is 1230. The van der Waals surface area contributed by atoms with Crippen LogP contribution in [0.1, 0.15) is 30.7 Å². The van der Waals surface area contributed by atoms with Gasteiger partial charge in [-0.3, -0.25) is 4.79 Å². The van der Waals surface area contributed by atoms with Gasteiger partial charge in [0.1, 0.15) is 0 Å². The number of benzene rings is 3. The number of hydrogen-bond acceptors (Lipinski definition) is 4. The maximum absolute atomic E-state index is 12.7. The largest absolute Gasteiger partial charge is 0.326 e. The molecule has 166 valence electrons. The highest BCUT2D eigenvalue weighted by Gasteiger charge is 2.44. The highest BCUT2D eigenvalue weighted by Crippen LogP contribution is 2.48. The number of piperidine rings is 1. The van der Waals surface area contributed by atoms with Crippen LogP contribution in [0.25, 0.3) is 10.8 Å². The molecule has 6 nitrogen and oxygen atoms in total. The van der Waals surface area contributed by atoms with Crippen molar-refractivity contribution in [1.82, 2.24) is 10.0 Å². The minimum atomic E-state index is -3.54. The normalized spacial score (nSPS) is 23.1. The van der Waals surface area contributed by atoms with E-state index in [1.54, 1.807) is 12.1 Å². The van der Waals surface area contributed by atoms with Crippen molar-refractivity contribution in [2.24, 2.45) is 5.92 Å². The van der Waals surface area contributed by atoms with E-state index >= 15 is 0 Å². The summed E-state index contributed by atoms with van der Waals surface area (Å²) in [5.74, 6) is 0.0477.